The average Bonchev–Trinajstić information content (AvgIpc) is 3.59. The number of hydrogen-bond acceptors (Lipinski definition) is 9. The first-order valence-electron chi connectivity index (χ1n) is 12.4. The first-order chi connectivity index (χ1) is 18.2. The lowest BCUT2D eigenvalue weighted by Crippen LogP contribution is -2.30. The summed E-state index contributed by atoms with van der Waals surface area (Å²) in [5, 5.41) is 9.77. The highest BCUT2D eigenvalue weighted by molar-refractivity contribution is 7.12. The van der Waals surface area contributed by atoms with Gasteiger partial charge in [-0.3, -0.25) is 9.36 Å². The number of nitrogens with zero attached hydrogens (tertiary/aromatic N) is 3. The molecule has 5 heterocycles. The summed E-state index contributed by atoms with van der Waals surface area (Å²) in [7, 11) is 2.00. The van der Waals surface area contributed by atoms with Gasteiger partial charge < -0.3 is 25.2 Å². The number of carbonyl (C=O) groups excluding carboxylic acids is 1. The fraction of sp³-hybridized carbons (Fsp3) is 0.333. The quantitative estimate of drug-likeness (QED) is 0.333. The summed E-state index contributed by atoms with van der Waals surface area (Å²) in [5.41, 5.74) is 3.31. The molecule has 0 aliphatic carbocycles. The lowest BCUT2D eigenvalue weighted by atomic mass is 10.0. The largest absolute Gasteiger partial charge is 0.439 e. The number of aromatic nitrogens is 3. The Labute approximate surface area is 219 Å². The van der Waals surface area contributed by atoms with E-state index < -0.39 is 0 Å². The third kappa shape index (κ3) is 5.71. The molecule has 6 rings (SSSR count). The molecule has 1 unspecified atom stereocenters. The second-order valence-electron chi connectivity index (χ2n) is 8.98. The monoisotopic (exact) mass is 518 g/mol. The molecule has 2 aliphatic heterocycles. The maximum absolute atomic E-state index is 12.5. The van der Waals surface area contributed by atoms with E-state index in [1.54, 1.807) is 11.1 Å². The molecule has 0 bridgehead atoms. The molecule has 3 aromatic heterocycles. The fourth-order valence-corrected chi connectivity index (χ4v) is 5.75. The van der Waals surface area contributed by atoms with Crippen molar-refractivity contribution in [3.63, 3.8) is 0 Å². The van der Waals surface area contributed by atoms with Crippen LogP contribution in [0.3, 0.4) is 0 Å². The molecule has 0 fully saturated rings. The Balaban J connectivity index is 0.000000195. The highest BCUT2D eigenvalue weighted by atomic mass is 32.1. The number of benzene rings is 1. The number of aldehydes is 1. The summed E-state index contributed by atoms with van der Waals surface area (Å²) in [4.78, 5) is 34.8. The van der Waals surface area contributed by atoms with Crippen molar-refractivity contribution in [1.82, 2.24) is 25.2 Å². The Hall–Kier alpha value is -3.60. The second-order valence-corrected chi connectivity index (χ2v) is 10.2. The van der Waals surface area contributed by atoms with E-state index in [2.05, 4.69) is 32.0 Å². The van der Waals surface area contributed by atoms with Gasteiger partial charge in [0.1, 0.15) is 17.7 Å². The van der Waals surface area contributed by atoms with Gasteiger partial charge in [0.15, 0.2) is 0 Å². The van der Waals surface area contributed by atoms with E-state index >= 15 is 0 Å². The van der Waals surface area contributed by atoms with Crippen LogP contribution in [-0.4, -0.2) is 34.4 Å². The number of anilines is 1. The first kappa shape index (κ1) is 25.1. The fourth-order valence-electron chi connectivity index (χ4n) is 4.55. The Bertz CT molecular complexity index is 1390. The number of oxazole rings is 1. The molecular weight excluding hydrogens is 488 g/mol. The minimum absolute atomic E-state index is 0.00801. The molecule has 0 spiro atoms. The van der Waals surface area contributed by atoms with Crippen molar-refractivity contribution in [2.75, 3.05) is 18.9 Å². The summed E-state index contributed by atoms with van der Waals surface area (Å²) in [6.07, 6.45) is 6.40. The Morgan fingerprint density at radius 3 is 2.89 bits per heavy atom. The van der Waals surface area contributed by atoms with E-state index in [1.165, 1.54) is 27.8 Å². The maximum Gasteiger partial charge on any atom is 0.277 e. The van der Waals surface area contributed by atoms with Crippen LogP contribution in [0.5, 0.6) is 0 Å². The van der Waals surface area contributed by atoms with Crippen molar-refractivity contribution in [1.29, 1.82) is 0 Å². The third-order valence-electron chi connectivity index (χ3n) is 6.41. The van der Waals surface area contributed by atoms with Gasteiger partial charge in [0.25, 0.3) is 5.56 Å². The molecule has 0 saturated heterocycles. The molecule has 9 nitrogen and oxygen atoms in total. The van der Waals surface area contributed by atoms with Crippen LogP contribution in [0.15, 0.2) is 58.1 Å². The highest BCUT2D eigenvalue weighted by Gasteiger charge is 2.26. The molecule has 0 saturated carbocycles. The van der Waals surface area contributed by atoms with Gasteiger partial charge in [-0.25, -0.2) is 9.97 Å². The van der Waals surface area contributed by atoms with Crippen LogP contribution < -0.4 is 21.5 Å². The van der Waals surface area contributed by atoms with E-state index in [4.69, 9.17) is 4.42 Å². The number of rotatable bonds is 6. The van der Waals surface area contributed by atoms with E-state index in [9.17, 15) is 9.59 Å². The molecule has 0 radical (unpaired) electrons. The minimum Gasteiger partial charge on any atom is -0.439 e. The van der Waals surface area contributed by atoms with E-state index in [0.29, 0.717) is 35.7 Å². The first-order valence-corrected chi connectivity index (χ1v) is 13.2. The normalized spacial score (nSPS) is 16.1. The molecule has 3 N–H and O–H groups in total. The molecule has 2 aliphatic rings. The van der Waals surface area contributed by atoms with Gasteiger partial charge >= 0.3 is 0 Å². The topological polar surface area (TPSA) is 114 Å². The maximum atomic E-state index is 12.5. The van der Waals surface area contributed by atoms with Gasteiger partial charge in [0.2, 0.25) is 5.89 Å². The van der Waals surface area contributed by atoms with Gasteiger partial charge in [-0.05, 0) is 50.1 Å². The lowest BCUT2D eigenvalue weighted by Gasteiger charge is -2.24. The van der Waals surface area contributed by atoms with Crippen molar-refractivity contribution >= 4 is 23.3 Å². The third-order valence-corrected chi connectivity index (χ3v) is 7.64. The van der Waals surface area contributed by atoms with Crippen LogP contribution in [0, 0.1) is 0 Å². The van der Waals surface area contributed by atoms with E-state index in [-0.39, 0.29) is 18.1 Å². The average molecular weight is 519 g/mol. The predicted molar refractivity (Wildman–Crippen MR) is 144 cm³/mol. The molecule has 192 valence electrons. The second kappa shape index (κ2) is 11.6. The zero-order chi connectivity index (χ0) is 25.6. The van der Waals surface area contributed by atoms with Gasteiger partial charge in [-0.1, -0.05) is 18.2 Å². The van der Waals surface area contributed by atoms with Crippen molar-refractivity contribution in [2.24, 2.45) is 0 Å². The molecule has 0 amide bonds. The van der Waals surface area contributed by atoms with Crippen LogP contribution in [-0.2, 0) is 37.3 Å². The van der Waals surface area contributed by atoms with Crippen LogP contribution in [0.2, 0.25) is 0 Å². The van der Waals surface area contributed by atoms with Crippen molar-refractivity contribution in [2.45, 2.75) is 44.9 Å². The van der Waals surface area contributed by atoms with E-state index in [1.807, 2.05) is 48.7 Å². The number of fused-ring (bicyclic) bond motifs is 2. The van der Waals surface area contributed by atoms with Crippen LogP contribution >= 0.6 is 11.3 Å². The zero-order valence-electron chi connectivity index (χ0n) is 20.7. The summed E-state index contributed by atoms with van der Waals surface area (Å²) >= 11 is 1.96. The van der Waals surface area contributed by atoms with Crippen molar-refractivity contribution < 1.29 is 9.21 Å². The molecule has 4 aromatic rings. The minimum atomic E-state index is -0.246. The SMILES string of the molecule is CNCc1cc2c(s1)CCNC2.O=CCn1cnc2c(c1=O)NC(c1cnc(-c3ccccc3)o1)CC2. The van der Waals surface area contributed by atoms with Crippen LogP contribution in [0.1, 0.15) is 39.2 Å². The van der Waals surface area contributed by atoms with Gasteiger partial charge in [-0.15, -0.1) is 11.3 Å². The smallest absolute Gasteiger partial charge is 0.277 e. The number of nitrogens with one attached hydrogen (secondary N) is 3. The summed E-state index contributed by atoms with van der Waals surface area (Å²) in [6.45, 7) is 3.21. The summed E-state index contributed by atoms with van der Waals surface area (Å²) in [6, 6.07) is 11.8. The molecule has 1 atom stereocenters. The Morgan fingerprint density at radius 1 is 1.24 bits per heavy atom. The zero-order valence-corrected chi connectivity index (χ0v) is 21.5. The Kier molecular flexibility index (Phi) is 7.88. The van der Waals surface area contributed by atoms with Gasteiger partial charge in [0.05, 0.1) is 30.8 Å². The van der Waals surface area contributed by atoms with Crippen LogP contribution in [0.4, 0.5) is 5.69 Å². The van der Waals surface area contributed by atoms with Crippen molar-refractivity contribution in [3.05, 3.63) is 86.0 Å². The Morgan fingerprint density at radius 2 is 2.11 bits per heavy atom. The van der Waals surface area contributed by atoms with Gasteiger partial charge in [-0.2, -0.15) is 0 Å². The molecule has 10 heteroatoms. The van der Waals surface area contributed by atoms with E-state index in [0.717, 1.165) is 31.6 Å². The number of thiophene rings is 1. The molecule has 37 heavy (non-hydrogen) atoms. The summed E-state index contributed by atoms with van der Waals surface area (Å²) in [5.74, 6) is 1.22. The van der Waals surface area contributed by atoms with Gasteiger partial charge in [0, 0.05) is 35.0 Å². The highest BCUT2D eigenvalue weighted by Crippen LogP contribution is 2.31. The number of hydrogen-bond donors (Lipinski definition) is 3. The predicted octanol–water partition coefficient (Wildman–Crippen LogP) is 3.31. The number of carbonyl (C=O) groups is 1. The molecule has 1 aromatic carbocycles. The lowest BCUT2D eigenvalue weighted by molar-refractivity contribution is -0.108. The van der Waals surface area contributed by atoms with Crippen molar-refractivity contribution in [3.8, 4) is 11.5 Å². The molecular formula is C27H30N6O3S. The standard InChI is InChI=1S/C18H16N4O3.C9H14N2S/c23-9-8-22-11-20-14-7-6-13(21-16(14)18(22)24)15-10-19-17(25-15)12-4-2-1-3-5-12;1-10-6-8-4-7-5-11-3-2-9(7)12-8/h1-5,9-11,13,21H,6-8H2;4,10-11H,2-3,5-6H2,1H3. The number of aryl methyl sites for hydroxylation is 1. The summed E-state index contributed by atoms with van der Waals surface area (Å²) < 4.78 is 7.17. The van der Waals surface area contributed by atoms with Crippen LogP contribution in [0.25, 0.3) is 11.5 Å².